The molecular formula is C15H22ClNOS. The first-order chi connectivity index (χ1) is 9.28. The van der Waals surface area contributed by atoms with E-state index in [1.165, 1.54) is 49.0 Å². The average molecular weight is 300 g/mol. The van der Waals surface area contributed by atoms with E-state index in [0.717, 1.165) is 10.9 Å². The van der Waals surface area contributed by atoms with Gasteiger partial charge in [-0.1, -0.05) is 24.4 Å². The summed E-state index contributed by atoms with van der Waals surface area (Å²) in [4.78, 5) is 1.46. The van der Waals surface area contributed by atoms with Gasteiger partial charge >= 0.3 is 0 Å². The predicted octanol–water partition coefficient (Wildman–Crippen LogP) is 3.78. The molecule has 0 aliphatic heterocycles. The molecule has 1 fully saturated rings. The maximum atomic E-state index is 9.47. The lowest BCUT2D eigenvalue weighted by atomic mass is 9.79. The Labute approximate surface area is 124 Å². The molecule has 0 spiro atoms. The Morgan fingerprint density at radius 1 is 1.26 bits per heavy atom. The molecule has 0 bridgehead atoms. The van der Waals surface area contributed by atoms with Crippen LogP contribution < -0.4 is 5.32 Å². The number of aliphatic hydroxyl groups is 1. The summed E-state index contributed by atoms with van der Waals surface area (Å²) in [5, 5.41) is 13.2. The number of aryl methyl sites for hydroxylation is 1. The van der Waals surface area contributed by atoms with Gasteiger partial charge in [0.25, 0.3) is 0 Å². The SMILES string of the molecule is OCC1CCCCC1CNC1CCc2sc(Cl)cc21. The molecule has 2 aliphatic rings. The highest BCUT2D eigenvalue weighted by molar-refractivity contribution is 7.16. The Morgan fingerprint density at radius 3 is 2.84 bits per heavy atom. The first-order valence-electron chi connectivity index (χ1n) is 7.40. The van der Waals surface area contributed by atoms with Crippen molar-refractivity contribution in [1.29, 1.82) is 0 Å². The summed E-state index contributed by atoms with van der Waals surface area (Å²) in [6, 6.07) is 2.62. The highest BCUT2D eigenvalue weighted by atomic mass is 35.5. The summed E-state index contributed by atoms with van der Waals surface area (Å²) in [5.41, 5.74) is 1.42. The molecule has 19 heavy (non-hydrogen) atoms. The third-order valence-electron chi connectivity index (χ3n) is 4.77. The van der Waals surface area contributed by atoms with Gasteiger partial charge in [0, 0.05) is 17.5 Å². The number of fused-ring (bicyclic) bond motifs is 1. The van der Waals surface area contributed by atoms with Gasteiger partial charge in [0.2, 0.25) is 0 Å². The molecular weight excluding hydrogens is 278 g/mol. The molecule has 2 nitrogen and oxygen atoms in total. The van der Waals surface area contributed by atoms with E-state index >= 15 is 0 Å². The van der Waals surface area contributed by atoms with Crippen LogP contribution in [0.15, 0.2) is 6.07 Å². The van der Waals surface area contributed by atoms with E-state index in [1.807, 2.05) is 0 Å². The van der Waals surface area contributed by atoms with E-state index in [9.17, 15) is 5.11 Å². The van der Waals surface area contributed by atoms with E-state index in [4.69, 9.17) is 11.6 Å². The van der Waals surface area contributed by atoms with Crippen LogP contribution in [-0.2, 0) is 6.42 Å². The molecule has 1 heterocycles. The molecule has 2 N–H and O–H groups in total. The first-order valence-corrected chi connectivity index (χ1v) is 8.59. The highest BCUT2D eigenvalue weighted by Crippen LogP contribution is 2.39. The minimum Gasteiger partial charge on any atom is -0.396 e. The Balaban J connectivity index is 1.57. The van der Waals surface area contributed by atoms with Gasteiger partial charge in [-0.15, -0.1) is 11.3 Å². The molecule has 3 unspecified atom stereocenters. The van der Waals surface area contributed by atoms with Crippen LogP contribution in [-0.4, -0.2) is 18.3 Å². The Morgan fingerprint density at radius 2 is 2.05 bits per heavy atom. The zero-order valence-electron chi connectivity index (χ0n) is 11.2. The van der Waals surface area contributed by atoms with Gasteiger partial charge in [-0.25, -0.2) is 0 Å². The Bertz CT molecular complexity index is 434. The number of aliphatic hydroxyl groups excluding tert-OH is 1. The largest absolute Gasteiger partial charge is 0.396 e. The van der Waals surface area contributed by atoms with Crippen molar-refractivity contribution in [3.8, 4) is 0 Å². The van der Waals surface area contributed by atoms with Crippen molar-refractivity contribution in [1.82, 2.24) is 5.32 Å². The lowest BCUT2D eigenvalue weighted by Crippen LogP contribution is -2.33. The summed E-state index contributed by atoms with van der Waals surface area (Å²) in [7, 11) is 0. The number of halogens is 1. The summed E-state index contributed by atoms with van der Waals surface area (Å²) < 4.78 is 0.919. The van der Waals surface area contributed by atoms with E-state index < -0.39 is 0 Å². The van der Waals surface area contributed by atoms with Gasteiger partial charge < -0.3 is 10.4 Å². The normalized spacial score (nSPS) is 30.5. The number of nitrogens with one attached hydrogen (secondary N) is 1. The van der Waals surface area contributed by atoms with Crippen molar-refractivity contribution in [3.05, 3.63) is 20.8 Å². The topological polar surface area (TPSA) is 32.3 Å². The number of thiophene rings is 1. The smallest absolute Gasteiger partial charge is 0.0934 e. The van der Waals surface area contributed by atoms with Gasteiger partial charge in [-0.05, 0) is 55.7 Å². The molecule has 4 heteroatoms. The molecule has 1 aromatic heterocycles. The van der Waals surface area contributed by atoms with Crippen molar-refractivity contribution < 1.29 is 5.11 Å². The fraction of sp³-hybridized carbons (Fsp3) is 0.733. The third kappa shape index (κ3) is 2.99. The quantitative estimate of drug-likeness (QED) is 0.887. The van der Waals surface area contributed by atoms with Gasteiger partial charge in [0.15, 0.2) is 0 Å². The minimum atomic E-state index is 0.354. The fourth-order valence-corrected chi connectivity index (χ4v) is 4.99. The van der Waals surface area contributed by atoms with Gasteiger partial charge in [-0.3, -0.25) is 0 Å². The third-order valence-corrected chi connectivity index (χ3v) is 6.11. The van der Waals surface area contributed by atoms with Crippen LogP contribution in [0.25, 0.3) is 0 Å². The molecule has 3 atom stereocenters. The molecule has 0 radical (unpaired) electrons. The van der Waals surface area contributed by atoms with Crippen molar-refractivity contribution in [3.63, 3.8) is 0 Å². The van der Waals surface area contributed by atoms with Crippen LogP contribution in [0.2, 0.25) is 4.34 Å². The van der Waals surface area contributed by atoms with Crippen molar-refractivity contribution >= 4 is 22.9 Å². The average Bonchev–Trinajstić information content (AvgIpc) is 2.96. The van der Waals surface area contributed by atoms with E-state index in [0.29, 0.717) is 24.5 Å². The van der Waals surface area contributed by atoms with Crippen molar-refractivity contribution in [2.24, 2.45) is 11.8 Å². The lowest BCUT2D eigenvalue weighted by molar-refractivity contribution is 0.131. The molecule has 0 amide bonds. The molecule has 106 valence electrons. The standard InChI is InChI=1S/C15H22ClNOS/c16-15-7-12-13(5-6-14(12)19-15)17-8-10-3-1-2-4-11(10)9-18/h7,10-11,13,17-18H,1-6,8-9H2. The molecule has 1 saturated carbocycles. The van der Waals surface area contributed by atoms with Gasteiger partial charge in [0.1, 0.15) is 0 Å². The summed E-state index contributed by atoms with van der Waals surface area (Å²) in [5.74, 6) is 1.16. The maximum absolute atomic E-state index is 9.47. The number of rotatable bonds is 4. The Kier molecular flexibility index (Phi) is 4.47. The molecule has 3 rings (SSSR count). The summed E-state index contributed by atoms with van der Waals surface area (Å²) in [6.07, 6.45) is 7.44. The lowest BCUT2D eigenvalue weighted by Gasteiger charge is -2.31. The van der Waals surface area contributed by atoms with Gasteiger partial charge in [-0.2, -0.15) is 0 Å². The summed E-state index contributed by atoms with van der Waals surface area (Å²) >= 11 is 7.83. The second-order valence-corrected chi connectivity index (χ2v) is 7.68. The predicted molar refractivity (Wildman–Crippen MR) is 80.9 cm³/mol. The highest BCUT2D eigenvalue weighted by Gasteiger charge is 2.28. The monoisotopic (exact) mass is 299 g/mol. The second-order valence-electron chi connectivity index (χ2n) is 5.92. The Hall–Kier alpha value is -0.0900. The fourth-order valence-electron chi connectivity index (χ4n) is 3.63. The zero-order valence-corrected chi connectivity index (χ0v) is 12.8. The van der Waals surface area contributed by atoms with Crippen LogP contribution in [0.1, 0.15) is 48.6 Å². The summed E-state index contributed by atoms with van der Waals surface area (Å²) in [6.45, 7) is 1.40. The van der Waals surface area contributed by atoms with Crippen LogP contribution in [0.4, 0.5) is 0 Å². The van der Waals surface area contributed by atoms with E-state index in [2.05, 4.69) is 11.4 Å². The van der Waals surface area contributed by atoms with Crippen LogP contribution in [0, 0.1) is 11.8 Å². The van der Waals surface area contributed by atoms with Crippen molar-refractivity contribution in [2.75, 3.05) is 13.2 Å². The van der Waals surface area contributed by atoms with Crippen molar-refractivity contribution in [2.45, 2.75) is 44.6 Å². The minimum absolute atomic E-state index is 0.354. The molecule has 0 aromatic carbocycles. The zero-order chi connectivity index (χ0) is 13.2. The molecule has 1 aromatic rings. The molecule has 2 aliphatic carbocycles. The van der Waals surface area contributed by atoms with Crippen LogP contribution >= 0.6 is 22.9 Å². The van der Waals surface area contributed by atoms with E-state index in [1.54, 1.807) is 11.3 Å². The molecule has 0 saturated heterocycles. The van der Waals surface area contributed by atoms with Crippen LogP contribution in [0.3, 0.4) is 0 Å². The van der Waals surface area contributed by atoms with Crippen LogP contribution in [0.5, 0.6) is 0 Å². The number of hydrogen-bond donors (Lipinski definition) is 2. The first kappa shape index (κ1) is 13.9. The number of hydrogen-bond acceptors (Lipinski definition) is 3. The second kappa shape index (κ2) is 6.13. The van der Waals surface area contributed by atoms with Gasteiger partial charge in [0.05, 0.1) is 4.34 Å². The van der Waals surface area contributed by atoms with E-state index in [-0.39, 0.29) is 0 Å². The maximum Gasteiger partial charge on any atom is 0.0934 e.